The number of nitrogens with one attached hydrogen (secondary N) is 1. The largest absolute Gasteiger partial charge is 0.465 e. The predicted molar refractivity (Wildman–Crippen MR) is 338 cm³/mol. The van der Waals surface area contributed by atoms with Gasteiger partial charge in [0, 0.05) is 103 Å². The molecule has 2 saturated heterocycles. The van der Waals surface area contributed by atoms with Crippen molar-refractivity contribution in [3.63, 3.8) is 0 Å². The fourth-order valence-electron chi connectivity index (χ4n) is 12.3. The van der Waals surface area contributed by atoms with Gasteiger partial charge in [-0.3, -0.25) is 9.59 Å². The third-order valence-corrected chi connectivity index (χ3v) is 16.3. The zero-order valence-electron chi connectivity index (χ0n) is 51.4. The fraction of sp³-hybridized carbons (Fsp3) is 0.435. The van der Waals surface area contributed by atoms with E-state index in [0.29, 0.717) is 76.3 Å². The van der Waals surface area contributed by atoms with E-state index in [1.807, 2.05) is 85.2 Å². The van der Waals surface area contributed by atoms with E-state index in [1.54, 1.807) is 26.4 Å². The molecule has 2 aliphatic heterocycles. The van der Waals surface area contributed by atoms with Crippen molar-refractivity contribution in [3.8, 4) is 0 Å². The minimum Gasteiger partial charge on any atom is -0.465 e. The Morgan fingerprint density at radius 3 is 1.51 bits per heavy atom. The molecule has 0 aliphatic carbocycles. The molecule has 8 aromatic rings. The first-order valence-electron chi connectivity index (χ1n) is 30.4. The number of para-hydroxylation sites is 2. The number of alkyl carbamates (subject to hydrolysis) is 1. The van der Waals surface area contributed by atoms with Crippen LogP contribution in [0.15, 0.2) is 121 Å². The third-order valence-electron chi connectivity index (χ3n) is 16.3. The third kappa shape index (κ3) is 16.1. The van der Waals surface area contributed by atoms with Crippen LogP contribution in [0, 0.1) is 0 Å². The molecule has 10 rings (SSSR count). The zero-order chi connectivity index (χ0) is 61.6. The van der Waals surface area contributed by atoms with Crippen molar-refractivity contribution in [1.82, 2.24) is 34.2 Å². The lowest BCUT2D eigenvalue weighted by Gasteiger charge is -2.34. The molecule has 87 heavy (non-hydrogen) atoms. The van der Waals surface area contributed by atoms with Gasteiger partial charge in [0.05, 0.1) is 47.4 Å². The summed E-state index contributed by atoms with van der Waals surface area (Å²) in [6.07, 6.45) is 6.05. The minimum atomic E-state index is -0.663. The van der Waals surface area contributed by atoms with Gasteiger partial charge in [-0.05, 0) is 129 Å². The minimum absolute atomic E-state index is 0.0223. The average molecular weight is 1190 g/mol. The van der Waals surface area contributed by atoms with Crippen molar-refractivity contribution in [1.29, 1.82) is 0 Å². The van der Waals surface area contributed by atoms with Crippen molar-refractivity contribution < 1.29 is 47.7 Å². The van der Waals surface area contributed by atoms with Gasteiger partial charge in [0.1, 0.15) is 17.2 Å². The van der Waals surface area contributed by atoms with Crippen LogP contribution in [0.3, 0.4) is 0 Å². The summed E-state index contributed by atoms with van der Waals surface area (Å²) in [5.74, 6) is 1.05. The number of ether oxygens (including phenoxy) is 5. The number of aryl methyl sites for hydroxylation is 2. The number of imidazole rings is 2. The molecule has 18 nitrogen and oxygen atoms in total. The number of carbonyl (C=O) groups excluding carboxylic acids is 5. The van der Waals surface area contributed by atoms with Gasteiger partial charge < -0.3 is 53.7 Å². The Labute approximate surface area is 509 Å². The van der Waals surface area contributed by atoms with Crippen molar-refractivity contribution in [2.75, 3.05) is 67.8 Å². The van der Waals surface area contributed by atoms with Crippen molar-refractivity contribution >= 4 is 73.5 Å². The summed E-state index contributed by atoms with van der Waals surface area (Å²) in [6.45, 7) is 10.3. The van der Waals surface area contributed by atoms with Gasteiger partial charge in [0.15, 0.2) is 0 Å². The molecule has 2 aromatic heterocycles. The summed E-state index contributed by atoms with van der Waals surface area (Å²) in [6, 6.07) is 39.3. The first-order valence-corrected chi connectivity index (χ1v) is 30.4. The molecule has 4 heterocycles. The maximum Gasteiger partial charge on any atom is 0.407 e. The van der Waals surface area contributed by atoms with Crippen molar-refractivity contribution in [2.45, 2.75) is 128 Å². The van der Waals surface area contributed by atoms with Crippen LogP contribution in [0.4, 0.5) is 4.79 Å². The smallest absolute Gasteiger partial charge is 0.407 e. The Morgan fingerprint density at radius 2 is 1.05 bits per heavy atom. The Balaban J connectivity index is 0.000000210. The van der Waals surface area contributed by atoms with Crippen LogP contribution >= 0.6 is 0 Å². The van der Waals surface area contributed by atoms with E-state index >= 15 is 0 Å². The Morgan fingerprint density at radius 1 is 0.586 bits per heavy atom. The van der Waals surface area contributed by atoms with Gasteiger partial charge in [-0.15, -0.1) is 0 Å². The number of methoxy groups -OCH3 is 4. The second-order valence-electron chi connectivity index (χ2n) is 23.9. The van der Waals surface area contributed by atoms with Crippen molar-refractivity contribution in [3.05, 3.63) is 155 Å². The maximum atomic E-state index is 13.9. The predicted octanol–water partition coefficient (Wildman–Crippen LogP) is 10.9. The van der Waals surface area contributed by atoms with Crippen LogP contribution in [-0.4, -0.2) is 144 Å². The highest BCUT2D eigenvalue weighted by atomic mass is 16.6. The summed E-state index contributed by atoms with van der Waals surface area (Å²) < 4.78 is 30.6. The number of rotatable bonds is 21. The number of benzene rings is 6. The second-order valence-corrected chi connectivity index (χ2v) is 23.9. The van der Waals surface area contributed by atoms with E-state index in [1.165, 1.54) is 25.0 Å². The summed E-state index contributed by atoms with van der Waals surface area (Å²) in [5, 5.41) is 7.60. The molecule has 2 aliphatic rings. The number of esters is 2. The highest BCUT2D eigenvalue weighted by Crippen LogP contribution is 2.34. The first kappa shape index (κ1) is 63.3. The monoisotopic (exact) mass is 1180 g/mol. The molecule has 4 atom stereocenters. The average Bonchev–Trinajstić information content (AvgIpc) is 1.77. The van der Waals surface area contributed by atoms with Gasteiger partial charge in [-0.2, -0.15) is 0 Å². The molecular weight excluding hydrogens is 1100 g/mol. The molecule has 3 amide bonds. The number of aromatic nitrogens is 4. The fourth-order valence-corrected chi connectivity index (χ4v) is 12.3. The molecule has 3 N–H and O–H groups in total. The topological polar surface area (TPSA) is 212 Å². The summed E-state index contributed by atoms with van der Waals surface area (Å²) >= 11 is 0. The zero-order valence-corrected chi connectivity index (χ0v) is 51.4. The van der Waals surface area contributed by atoms with E-state index in [9.17, 15) is 24.0 Å². The number of hydrogen-bond donors (Lipinski definition) is 2. The van der Waals surface area contributed by atoms with Gasteiger partial charge in [-0.1, -0.05) is 97.1 Å². The SMILES string of the molecule is COCCCn1c(C2CCCN(C(=O)C[C@@H](Cc3ccc4ccccc4c3)NC(=O)OC(C)(C)C)C2)nc2cccc(C(=O)OC)c21.COCCCn1c(C2CCCN(C(=O)C[C@H](N)Cc3ccc4ccccc4c3)C2)nc2cccc(C(=O)OC)c21. The number of likely N-dealkylation sites (tertiary alicyclic amines) is 2. The molecule has 0 bridgehead atoms. The van der Waals surface area contributed by atoms with Gasteiger partial charge >= 0.3 is 18.0 Å². The molecular formula is C69H84N8O10. The lowest BCUT2D eigenvalue weighted by Crippen LogP contribution is -2.46. The second kappa shape index (κ2) is 29.5. The summed E-state index contributed by atoms with van der Waals surface area (Å²) in [4.78, 5) is 79.3. The van der Waals surface area contributed by atoms with E-state index in [0.717, 1.165) is 101 Å². The summed E-state index contributed by atoms with van der Waals surface area (Å²) in [5.41, 5.74) is 12.0. The highest BCUT2D eigenvalue weighted by Gasteiger charge is 2.33. The number of piperidine rings is 2. The van der Waals surface area contributed by atoms with E-state index < -0.39 is 23.7 Å². The van der Waals surface area contributed by atoms with Crippen LogP contribution in [0.25, 0.3) is 43.6 Å². The lowest BCUT2D eigenvalue weighted by molar-refractivity contribution is -0.133. The van der Waals surface area contributed by atoms with Crippen LogP contribution in [0.1, 0.15) is 127 Å². The number of fused-ring (bicyclic) bond motifs is 4. The van der Waals surface area contributed by atoms with E-state index in [4.69, 9.17) is 39.4 Å². The van der Waals surface area contributed by atoms with Gasteiger partial charge in [0.25, 0.3) is 0 Å². The first-order chi connectivity index (χ1) is 42.0. The van der Waals surface area contributed by atoms with Gasteiger partial charge in [-0.25, -0.2) is 24.4 Å². The molecule has 2 fully saturated rings. The summed E-state index contributed by atoms with van der Waals surface area (Å²) in [7, 11) is 6.12. The Bertz CT molecular complexity index is 3700. The van der Waals surface area contributed by atoms with Crippen molar-refractivity contribution in [2.24, 2.45) is 5.73 Å². The number of nitrogens with zero attached hydrogens (tertiary/aromatic N) is 6. The number of carbonyl (C=O) groups is 5. The van der Waals surface area contributed by atoms with Crippen LogP contribution in [0.2, 0.25) is 0 Å². The maximum absolute atomic E-state index is 13.9. The highest BCUT2D eigenvalue weighted by molar-refractivity contribution is 6.03. The van der Waals surface area contributed by atoms with Crippen LogP contribution in [0.5, 0.6) is 0 Å². The van der Waals surface area contributed by atoms with E-state index in [2.05, 4.69) is 69.0 Å². The lowest BCUT2D eigenvalue weighted by atomic mass is 9.95. The molecule has 0 saturated carbocycles. The number of amides is 3. The molecule has 460 valence electrons. The molecule has 0 spiro atoms. The number of hydrogen-bond acceptors (Lipinski definition) is 13. The molecule has 18 heteroatoms. The molecule has 6 aromatic carbocycles. The van der Waals surface area contributed by atoms with Crippen LogP contribution < -0.4 is 11.1 Å². The Kier molecular flexibility index (Phi) is 21.4. The molecule has 2 unspecified atom stereocenters. The normalized spacial score (nSPS) is 16.1. The van der Waals surface area contributed by atoms with Crippen LogP contribution in [-0.2, 0) is 59.2 Å². The Hall–Kier alpha value is -8.19. The standard InChI is InChI=1S/C37H46N4O6.C32H38N4O4/c1-37(2,3)47-36(44)38-29(22-25-16-17-26-11-6-7-12-27(26)21-25)23-32(42)40-18-9-13-28(24-40)34-39-31-15-8-14-30(35(43)46-5)33(31)41(34)19-10-20-45-4;1-39-17-7-16-36-30-27(32(38)40-2)11-5-12-28(30)34-31(36)25-10-6-15-35(21-25)29(37)20-26(33)19-22-13-14-23-8-3-4-9-24(23)18-22/h6-8,11-12,14-17,21,28-29H,9-10,13,18-20,22-24H2,1-5H3,(H,38,44);3-5,8-9,11-14,18,25-26H,6-7,10,15-17,19-21,33H2,1-2H3/t28?,29-;25?,26-/m11/s1. The number of nitrogens with two attached hydrogens (primary N) is 1. The molecule has 0 radical (unpaired) electrons. The quantitative estimate of drug-likeness (QED) is 0.0390. The van der Waals surface area contributed by atoms with E-state index in [-0.39, 0.29) is 42.1 Å². The van der Waals surface area contributed by atoms with Gasteiger partial charge in [0.2, 0.25) is 11.8 Å².